The van der Waals surface area contributed by atoms with E-state index in [9.17, 15) is 15.0 Å². The summed E-state index contributed by atoms with van der Waals surface area (Å²) in [6.07, 6.45) is 12.2. The van der Waals surface area contributed by atoms with Crippen molar-refractivity contribution in [3.05, 3.63) is 59.2 Å². The van der Waals surface area contributed by atoms with Gasteiger partial charge in [-0.15, -0.1) is 0 Å². The fourth-order valence-electron chi connectivity index (χ4n) is 5.03. The number of aliphatic hydroxyl groups is 2. The topological polar surface area (TPSA) is 83.5 Å². The van der Waals surface area contributed by atoms with Crippen LogP contribution in [0.1, 0.15) is 68.3 Å². The molecule has 29 heavy (non-hydrogen) atoms. The lowest BCUT2D eigenvalue weighted by Crippen LogP contribution is -2.23. The molecule has 0 saturated heterocycles. The van der Waals surface area contributed by atoms with Gasteiger partial charge < -0.3 is 15.9 Å². The Morgan fingerprint density at radius 1 is 1.34 bits per heavy atom. The van der Waals surface area contributed by atoms with Gasteiger partial charge in [-0.3, -0.25) is 4.79 Å². The zero-order valence-electron chi connectivity index (χ0n) is 17.7. The van der Waals surface area contributed by atoms with Crippen LogP contribution in [0.3, 0.4) is 0 Å². The smallest absolute Gasteiger partial charge is 0.248 e. The van der Waals surface area contributed by atoms with E-state index in [0.717, 1.165) is 44.1 Å². The van der Waals surface area contributed by atoms with Gasteiger partial charge in [0.15, 0.2) is 0 Å². The Kier molecular flexibility index (Phi) is 6.97. The van der Waals surface area contributed by atoms with Crippen LogP contribution in [0.4, 0.5) is 0 Å². The molecule has 5 atom stereocenters. The van der Waals surface area contributed by atoms with Gasteiger partial charge in [0.1, 0.15) is 0 Å². The maximum Gasteiger partial charge on any atom is 0.248 e. The lowest BCUT2D eigenvalue weighted by molar-refractivity contribution is 0.0513. The SMILES string of the molecule is CCCC[C@](C)(O)CC=C[C@@H]1[C@H]2CC(Cc3ccccc3C(N)=O)=C[C@H]2C[C@H]1O. The van der Waals surface area contributed by atoms with Gasteiger partial charge in [0.25, 0.3) is 0 Å². The van der Waals surface area contributed by atoms with Crippen molar-refractivity contribution in [2.24, 2.45) is 23.5 Å². The van der Waals surface area contributed by atoms with Crippen LogP contribution >= 0.6 is 0 Å². The third-order valence-corrected chi connectivity index (χ3v) is 6.64. The van der Waals surface area contributed by atoms with Gasteiger partial charge in [-0.25, -0.2) is 0 Å². The van der Waals surface area contributed by atoms with Gasteiger partial charge in [-0.2, -0.15) is 0 Å². The van der Waals surface area contributed by atoms with Crippen LogP contribution in [-0.2, 0) is 6.42 Å². The molecule has 0 aromatic heterocycles. The second-order valence-electron chi connectivity index (χ2n) is 9.17. The minimum atomic E-state index is -0.674. The molecule has 1 aromatic rings. The number of amides is 1. The predicted octanol–water partition coefficient (Wildman–Crippen LogP) is 4.16. The third-order valence-electron chi connectivity index (χ3n) is 6.64. The molecule has 4 N–H and O–H groups in total. The van der Waals surface area contributed by atoms with Crippen LogP contribution in [0.5, 0.6) is 0 Å². The number of carbonyl (C=O) groups excluding carboxylic acids is 1. The predicted molar refractivity (Wildman–Crippen MR) is 116 cm³/mol. The average molecular weight is 398 g/mol. The number of nitrogens with two attached hydrogens (primary N) is 1. The van der Waals surface area contributed by atoms with Crippen molar-refractivity contribution in [1.82, 2.24) is 0 Å². The summed E-state index contributed by atoms with van der Waals surface area (Å²) in [6.45, 7) is 4.03. The molecule has 4 nitrogen and oxygen atoms in total. The Bertz CT molecular complexity index is 780. The molecule has 1 aromatic carbocycles. The number of carbonyl (C=O) groups is 1. The largest absolute Gasteiger partial charge is 0.392 e. The number of allylic oxidation sites excluding steroid dienone is 2. The minimum Gasteiger partial charge on any atom is -0.392 e. The molecule has 0 aliphatic heterocycles. The van der Waals surface area contributed by atoms with E-state index in [0.29, 0.717) is 23.8 Å². The van der Waals surface area contributed by atoms with E-state index in [4.69, 9.17) is 5.73 Å². The zero-order valence-corrected chi connectivity index (χ0v) is 17.7. The summed E-state index contributed by atoms with van der Waals surface area (Å²) < 4.78 is 0. The van der Waals surface area contributed by atoms with E-state index in [2.05, 4.69) is 25.2 Å². The van der Waals surface area contributed by atoms with Crippen LogP contribution in [0.25, 0.3) is 0 Å². The van der Waals surface area contributed by atoms with Gasteiger partial charge in [-0.1, -0.05) is 61.8 Å². The summed E-state index contributed by atoms with van der Waals surface area (Å²) >= 11 is 0. The number of benzene rings is 1. The van der Waals surface area contributed by atoms with Gasteiger partial charge in [0, 0.05) is 11.5 Å². The van der Waals surface area contributed by atoms with E-state index in [1.165, 1.54) is 5.57 Å². The number of aliphatic hydroxyl groups excluding tert-OH is 1. The van der Waals surface area contributed by atoms with E-state index in [1.54, 1.807) is 6.07 Å². The quantitative estimate of drug-likeness (QED) is 0.547. The highest BCUT2D eigenvalue weighted by Crippen LogP contribution is 2.48. The Morgan fingerprint density at radius 3 is 2.83 bits per heavy atom. The zero-order chi connectivity index (χ0) is 21.0. The van der Waals surface area contributed by atoms with Gasteiger partial charge in [0.05, 0.1) is 11.7 Å². The molecule has 158 valence electrons. The molecule has 0 radical (unpaired) electrons. The van der Waals surface area contributed by atoms with E-state index in [1.807, 2.05) is 25.1 Å². The second-order valence-corrected chi connectivity index (χ2v) is 9.17. The summed E-state index contributed by atoms with van der Waals surface area (Å²) in [5.41, 5.74) is 7.75. The first-order chi connectivity index (χ1) is 13.8. The second kappa shape index (κ2) is 9.27. The first-order valence-corrected chi connectivity index (χ1v) is 10.9. The van der Waals surface area contributed by atoms with Gasteiger partial charge in [0.2, 0.25) is 5.91 Å². The molecule has 1 saturated carbocycles. The normalized spacial score (nSPS) is 28.3. The van der Waals surface area contributed by atoms with Crippen LogP contribution in [-0.4, -0.2) is 27.8 Å². The van der Waals surface area contributed by atoms with Crippen LogP contribution in [0, 0.1) is 17.8 Å². The monoisotopic (exact) mass is 397 g/mol. The minimum absolute atomic E-state index is 0.127. The molecular weight excluding hydrogens is 362 g/mol. The summed E-state index contributed by atoms with van der Waals surface area (Å²) in [4.78, 5) is 11.7. The van der Waals surface area contributed by atoms with Crippen molar-refractivity contribution in [3.8, 4) is 0 Å². The number of hydrogen-bond donors (Lipinski definition) is 3. The maximum absolute atomic E-state index is 11.7. The van der Waals surface area contributed by atoms with Crippen molar-refractivity contribution in [1.29, 1.82) is 0 Å². The summed E-state index contributed by atoms with van der Waals surface area (Å²) in [5.74, 6) is 0.529. The average Bonchev–Trinajstić information content (AvgIpc) is 3.17. The third kappa shape index (κ3) is 5.37. The van der Waals surface area contributed by atoms with E-state index < -0.39 is 5.60 Å². The molecule has 0 spiro atoms. The fourth-order valence-corrected chi connectivity index (χ4v) is 5.03. The number of unbranched alkanes of at least 4 members (excludes halogenated alkanes) is 1. The van der Waals surface area contributed by atoms with Crippen molar-refractivity contribution in [3.63, 3.8) is 0 Å². The van der Waals surface area contributed by atoms with E-state index in [-0.39, 0.29) is 17.9 Å². The standard InChI is InChI=1S/C25H35NO3/c1-3-4-11-25(2,29)12-7-10-21-22-15-17(14-19(22)16-23(21)27)13-18-8-5-6-9-20(18)24(26)28/h5-10,14,19,21-23,27,29H,3-4,11-13,15-16H2,1-2H3,(H2,26,28)/t19-,21+,22-,23+,25-/m0/s1. The van der Waals surface area contributed by atoms with Gasteiger partial charge >= 0.3 is 0 Å². The lowest BCUT2D eigenvalue weighted by atomic mass is 9.87. The molecule has 0 unspecified atom stereocenters. The molecule has 1 fully saturated rings. The Morgan fingerprint density at radius 2 is 2.10 bits per heavy atom. The lowest BCUT2D eigenvalue weighted by Gasteiger charge is -2.22. The molecular formula is C25H35NO3. The highest BCUT2D eigenvalue weighted by Gasteiger charge is 2.43. The molecule has 0 heterocycles. The van der Waals surface area contributed by atoms with Crippen molar-refractivity contribution >= 4 is 5.91 Å². The number of hydrogen-bond acceptors (Lipinski definition) is 3. The van der Waals surface area contributed by atoms with Crippen LogP contribution in [0.15, 0.2) is 48.1 Å². The Balaban J connectivity index is 1.62. The van der Waals surface area contributed by atoms with Gasteiger partial charge in [-0.05, 0) is 62.5 Å². The summed E-state index contributed by atoms with van der Waals surface area (Å²) in [5, 5.41) is 21.0. The summed E-state index contributed by atoms with van der Waals surface area (Å²) in [7, 11) is 0. The molecule has 0 bridgehead atoms. The van der Waals surface area contributed by atoms with Crippen molar-refractivity contribution < 1.29 is 15.0 Å². The molecule has 2 aliphatic rings. The van der Waals surface area contributed by atoms with Crippen molar-refractivity contribution in [2.75, 3.05) is 0 Å². The maximum atomic E-state index is 11.7. The fraction of sp³-hybridized carbons (Fsp3) is 0.560. The molecule has 1 amide bonds. The molecule has 3 rings (SSSR count). The highest BCUT2D eigenvalue weighted by molar-refractivity contribution is 5.94. The number of primary amides is 1. The number of rotatable bonds is 9. The Labute approximate surface area is 174 Å². The van der Waals surface area contributed by atoms with Crippen LogP contribution in [0.2, 0.25) is 0 Å². The first-order valence-electron chi connectivity index (χ1n) is 10.9. The highest BCUT2D eigenvalue weighted by atomic mass is 16.3. The molecule has 2 aliphatic carbocycles. The number of fused-ring (bicyclic) bond motifs is 1. The molecule has 4 heteroatoms. The van der Waals surface area contributed by atoms with Crippen molar-refractivity contribution in [2.45, 2.75) is 70.5 Å². The van der Waals surface area contributed by atoms with E-state index >= 15 is 0 Å². The first kappa shape index (κ1) is 21.8. The van der Waals surface area contributed by atoms with Crippen LogP contribution < -0.4 is 5.73 Å². The Hall–Kier alpha value is -1.91. The summed E-state index contributed by atoms with van der Waals surface area (Å²) in [6, 6.07) is 7.54.